The van der Waals surface area contributed by atoms with Gasteiger partial charge in [-0.15, -0.1) is 0 Å². The van der Waals surface area contributed by atoms with Crippen LogP contribution in [-0.2, 0) is 0 Å². The molecular weight excluding hydrogens is 346 g/mol. The fourth-order valence-electron chi connectivity index (χ4n) is 3.80. The van der Waals surface area contributed by atoms with Gasteiger partial charge in [0.1, 0.15) is 0 Å². The molecule has 1 fully saturated rings. The molecule has 0 atom stereocenters. The third-order valence-corrected chi connectivity index (χ3v) is 5.45. The van der Waals surface area contributed by atoms with Crippen molar-refractivity contribution >= 4 is 11.7 Å². The standard InChI is InChI=1S/C25H23NO2/c27-24(21-9-5-2-6-10-21)22-15-17-26(18-16-22)25(28)23-13-11-20(12-14-23)19-7-3-1-4-8-19/h1-14,22H,15-18H2. The van der Waals surface area contributed by atoms with E-state index in [1.165, 1.54) is 0 Å². The van der Waals surface area contributed by atoms with E-state index in [-0.39, 0.29) is 17.6 Å². The van der Waals surface area contributed by atoms with Gasteiger partial charge >= 0.3 is 0 Å². The molecule has 1 aliphatic rings. The fraction of sp³-hybridized carbons (Fsp3) is 0.200. The smallest absolute Gasteiger partial charge is 0.253 e. The van der Waals surface area contributed by atoms with Crippen LogP contribution in [0.2, 0.25) is 0 Å². The van der Waals surface area contributed by atoms with Crippen LogP contribution in [0, 0.1) is 5.92 Å². The summed E-state index contributed by atoms with van der Waals surface area (Å²) in [5.74, 6) is 0.247. The lowest BCUT2D eigenvalue weighted by Crippen LogP contribution is -2.40. The average molecular weight is 369 g/mol. The van der Waals surface area contributed by atoms with E-state index in [1.807, 2.05) is 77.7 Å². The normalized spacial score (nSPS) is 14.6. The summed E-state index contributed by atoms with van der Waals surface area (Å²) in [7, 11) is 0. The Morgan fingerprint density at radius 1 is 0.643 bits per heavy atom. The van der Waals surface area contributed by atoms with Gasteiger partial charge in [0.15, 0.2) is 5.78 Å². The van der Waals surface area contributed by atoms with Gasteiger partial charge in [-0.2, -0.15) is 0 Å². The van der Waals surface area contributed by atoms with Gasteiger partial charge in [-0.3, -0.25) is 9.59 Å². The Morgan fingerprint density at radius 3 is 1.79 bits per heavy atom. The van der Waals surface area contributed by atoms with E-state index in [1.54, 1.807) is 0 Å². The van der Waals surface area contributed by atoms with Gasteiger partial charge in [-0.1, -0.05) is 72.8 Å². The van der Waals surface area contributed by atoms with E-state index in [2.05, 4.69) is 12.1 Å². The fourth-order valence-corrected chi connectivity index (χ4v) is 3.80. The SMILES string of the molecule is O=C(c1ccccc1)C1CCN(C(=O)c2ccc(-c3ccccc3)cc2)CC1. The molecule has 0 aliphatic carbocycles. The van der Waals surface area contributed by atoms with Gasteiger partial charge in [0, 0.05) is 30.1 Å². The Hall–Kier alpha value is -3.20. The van der Waals surface area contributed by atoms with E-state index in [0.29, 0.717) is 18.7 Å². The summed E-state index contributed by atoms with van der Waals surface area (Å²) in [5, 5.41) is 0. The first-order valence-corrected chi connectivity index (χ1v) is 9.76. The van der Waals surface area contributed by atoms with Crippen LogP contribution in [0.15, 0.2) is 84.9 Å². The lowest BCUT2D eigenvalue weighted by Gasteiger charge is -2.31. The summed E-state index contributed by atoms with van der Waals surface area (Å²) in [6.07, 6.45) is 1.45. The second-order valence-electron chi connectivity index (χ2n) is 7.24. The Balaban J connectivity index is 1.38. The summed E-state index contributed by atoms with van der Waals surface area (Å²) in [5.41, 5.74) is 3.71. The van der Waals surface area contributed by atoms with Crippen LogP contribution in [-0.4, -0.2) is 29.7 Å². The number of carbonyl (C=O) groups is 2. The number of ketones is 1. The maximum Gasteiger partial charge on any atom is 0.253 e. The predicted molar refractivity (Wildman–Crippen MR) is 111 cm³/mol. The molecule has 0 spiro atoms. The molecule has 3 heteroatoms. The van der Waals surface area contributed by atoms with Crippen LogP contribution in [0.25, 0.3) is 11.1 Å². The van der Waals surface area contributed by atoms with Gasteiger partial charge in [0.2, 0.25) is 0 Å². The van der Waals surface area contributed by atoms with Crippen molar-refractivity contribution in [2.24, 2.45) is 5.92 Å². The van der Waals surface area contributed by atoms with Crippen LogP contribution >= 0.6 is 0 Å². The summed E-state index contributed by atoms with van der Waals surface area (Å²) < 4.78 is 0. The van der Waals surface area contributed by atoms with Gasteiger partial charge < -0.3 is 4.90 Å². The first-order valence-electron chi connectivity index (χ1n) is 9.76. The minimum Gasteiger partial charge on any atom is -0.339 e. The highest BCUT2D eigenvalue weighted by Gasteiger charge is 2.28. The van der Waals surface area contributed by atoms with Crippen molar-refractivity contribution in [1.82, 2.24) is 4.90 Å². The monoisotopic (exact) mass is 369 g/mol. The molecule has 1 aliphatic heterocycles. The van der Waals surface area contributed by atoms with Crippen LogP contribution in [0.3, 0.4) is 0 Å². The number of rotatable bonds is 4. The largest absolute Gasteiger partial charge is 0.339 e. The van der Waals surface area contributed by atoms with Crippen molar-refractivity contribution in [3.63, 3.8) is 0 Å². The second kappa shape index (κ2) is 8.22. The molecule has 3 aromatic rings. The molecule has 1 saturated heterocycles. The van der Waals surface area contributed by atoms with Gasteiger partial charge in [-0.05, 0) is 36.1 Å². The number of hydrogen-bond donors (Lipinski definition) is 0. The average Bonchev–Trinajstić information content (AvgIpc) is 2.79. The Labute approximate surface area is 165 Å². The third kappa shape index (κ3) is 3.89. The second-order valence-corrected chi connectivity index (χ2v) is 7.24. The lowest BCUT2D eigenvalue weighted by atomic mass is 9.88. The van der Waals surface area contributed by atoms with E-state index >= 15 is 0 Å². The number of carbonyl (C=O) groups excluding carboxylic acids is 2. The molecule has 1 amide bonds. The molecule has 4 rings (SSSR count). The number of piperidine rings is 1. The van der Waals surface area contributed by atoms with E-state index in [0.717, 1.165) is 29.5 Å². The number of Topliss-reactive ketones (excluding diaryl/α,β-unsaturated/α-hetero) is 1. The molecule has 0 radical (unpaired) electrons. The quantitative estimate of drug-likeness (QED) is 0.601. The van der Waals surface area contributed by atoms with Crippen molar-refractivity contribution in [3.8, 4) is 11.1 Å². The van der Waals surface area contributed by atoms with Crippen LogP contribution < -0.4 is 0 Å². The molecule has 3 nitrogen and oxygen atoms in total. The first kappa shape index (κ1) is 18.2. The maximum atomic E-state index is 12.8. The predicted octanol–water partition coefficient (Wildman–Crippen LogP) is 5.09. The molecule has 0 bridgehead atoms. The number of amides is 1. The van der Waals surface area contributed by atoms with Crippen molar-refractivity contribution in [3.05, 3.63) is 96.1 Å². The molecule has 0 aromatic heterocycles. The van der Waals surface area contributed by atoms with Crippen LogP contribution in [0.1, 0.15) is 33.6 Å². The summed E-state index contributed by atoms with van der Waals surface area (Å²) >= 11 is 0. The highest BCUT2D eigenvalue weighted by Crippen LogP contribution is 2.24. The Morgan fingerprint density at radius 2 is 1.18 bits per heavy atom. The Kier molecular flexibility index (Phi) is 5.34. The molecule has 140 valence electrons. The highest BCUT2D eigenvalue weighted by atomic mass is 16.2. The van der Waals surface area contributed by atoms with Crippen molar-refractivity contribution in [2.45, 2.75) is 12.8 Å². The summed E-state index contributed by atoms with van der Waals surface area (Å²) in [4.78, 5) is 27.3. The molecule has 0 N–H and O–H groups in total. The van der Waals surface area contributed by atoms with Crippen LogP contribution in [0.5, 0.6) is 0 Å². The first-order chi connectivity index (χ1) is 13.7. The van der Waals surface area contributed by atoms with E-state index < -0.39 is 0 Å². The Bertz CT molecular complexity index is 941. The van der Waals surface area contributed by atoms with Crippen molar-refractivity contribution in [2.75, 3.05) is 13.1 Å². The van der Waals surface area contributed by atoms with Crippen LogP contribution in [0.4, 0.5) is 0 Å². The third-order valence-electron chi connectivity index (χ3n) is 5.45. The minimum absolute atomic E-state index is 0.00640. The number of benzene rings is 3. The number of hydrogen-bond acceptors (Lipinski definition) is 2. The van der Waals surface area contributed by atoms with Gasteiger partial charge in [-0.25, -0.2) is 0 Å². The zero-order chi connectivity index (χ0) is 19.3. The molecule has 1 heterocycles. The molecule has 28 heavy (non-hydrogen) atoms. The highest BCUT2D eigenvalue weighted by molar-refractivity contribution is 5.98. The molecule has 0 saturated carbocycles. The van der Waals surface area contributed by atoms with E-state index in [4.69, 9.17) is 0 Å². The summed E-state index contributed by atoms with van der Waals surface area (Å²) in [6.45, 7) is 1.25. The van der Waals surface area contributed by atoms with Gasteiger partial charge in [0.05, 0.1) is 0 Å². The van der Waals surface area contributed by atoms with E-state index in [9.17, 15) is 9.59 Å². The van der Waals surface area contributed by atoms with Crippen molar-refractivity contribution in [1.29, 1.82) is 0 Å². The summed E-state index contributed by atoms with van der Waals surface area (Å²) in [6, 6.07) is 27.4. The number of likely N-dealkylation sites (tertiary alicyclic amines) is 1. The zero-order valence-electron chi connectivity index (χ0n) is 15.8. The molecular formula is C25H23NO2. The van der Waals surface area contributed by atoms with Gasteiger partial charge in [0.25, 0.3) is 5.91 Å². The zero-order valence-corrected chi connectivity index (χ0v) is 15.8. The lowest BCUT2D eigenvalue weighted by molar-refractivity contribution is 0.0650. The minimum atomic E-state index is 0.00640. The van der Waals surface area contributed by atoms with Crippen molar-refractivity contribution < 1.29 is 9.59 Å². The topological polar surface area (TPSA) is 37.4 Å². The molecule has 3 aromatic carbocycles. The molecule has 0 unspecified atom stereocenters. The number of nitrogens with zero attached hydrogens (tertiary/aromatic N) is 1. The maximum absolute atomic E-state index is 12.8.